The summed E-state index contributed by atoms with van der Waals surface area (Å²) in [6.45, 7) is 0.0653. The molecule has 30 heavy (non-hydrogen) atoms. The summed E-state index contributed by atoms with van der Waals surface area (Å²) >= 11 is 0. The number of halogens is 1. The van der Waals surface area contributed by atoms with Gasteiger partial charge < -0.3 is 5.32 Å². The Morgan fingerprint density at radius 1 is 0.933 bits per heavy atom. The van der Waals surface area contributed by atoms with Gasteiger partial charge in [0.1, 0.15) is 11.9 Å². The van der Waals surface area contributed by atoms with Gasteiger partial charge in [0.2, 0.25) is 27.7 Å². The molecule has 0 spiro atoms. The van der Waals surface area contributed by atoms with E-state index in [1.165, 1.54) is 48.5 Å². The third-order valence-electron chi connectivity index (χ3n) is 5.12. The molecule has 2 aromatic rings. The third kappa shape index (κ3) is 3.37. The number of carbonyl (C=O) groups is 3. The first-order valence-electron chi connectivity index (χ1n) is 9.30. The predicted molar refractivity (Wildman–Crippen MR) is 104 cm³/mol. The van der Waals surface area contributed by atoms with E-state index >= 15 is 0 Å². The van der Waals surface area contributed by atoms with Crippen LogP contribution in [-0.2, 0) is 24.4 Å². The van der Waals surface area contributed by atoms with E-state index < -0.39 is 27.8 Å². The van der Waals surface area contributed by atoms with E-state index in [1.54, 1.807) is 0 Å². The molecule has 0 radical (unpaired) electrons. The maximum Gasteiger partial charge on any atom is 0.244 e. The van der Waals surface area contributed by atoms with Crippen molar-refractivity contribution in [2.75, 3.05) is 18.0 Å². The molecule has 0 aliphatic carbocycles. The average molecular weight is 431 g/mol. The van der Waals surface area contributed by atoms with Gasteiger partial charge in [0, 0.05) is 31.5 Å². The number of carbonyl (C=O) groups excluding carboxylic acids is 3. The molecule has 2 saturated heterocycles. The molecule has 8 nitrogen and oxygen atoms in total. The summed E-state index contributed by atoms with van der Waals surface area (Å²) < 4.78 is 41.8. The van der Waals surface area contributed by atoms with Gasteiger partial charge in [-0.1, -0.05) is 18.2 Å². The lowest BCUT2D eigenvalue weighted by Crippen LogP contribution is -2.52. The molecule has 2 aromatic carbocycles. The van der Waals surface area contributed by atoms with Crippen LogP contribution in [0, 0.1) is 5.82 Å². The van der Waals surface area contributed by atoms with Crippen LogP contribution in [0.4, 0.5) is 10.1 Å². The molecule has 2 aliphatic heterocycles. The van der Waals surface area contributed by atoms with Crippen LogP contribution in [-0.4, -0.2) is 43.5 Å². The van der Waals surface area contributed by atoms with Gasteiger partial charge >= 0.3 is 0 Å². The summed E-state index contributed by atoms with van der Waals surface area (Å²) in [6, 6.07) is 9.48. The van der Waals surface area contributed by atoms with Gasteiger partial charge in [-0.25, -0.2) is 12.8 Å². The highest BCUT2D eigenvalue weighted by Gasteiger charge is 2.41. The maximum absolute atomic E-state index is 14.3. The molecular weight excluding hydrogens is 413 g/mol. The number of nitrogens with zero attached hydrogens (tertiary/aromatic N) is 2. The van der Waals surface area contributed by atoms with E-state index in [2.05, 4.69) is 5.32 Å². The number of nitrogens with one attached hydrogen (secondary N) is 1. The standard InChI is InChI=1S/C20H18FN3O5S/c21-16-4-2-1-3-15(16)19-20(27)22-11-12-23(19)30(28,29)14-7-5-13(6-8-14)24-17(25)9-10-18(24)26/h1-8,19H,9-12H2,(H,22,27). The fourth-order valence-corrected chi connectivity index (χ4v) is 5.23. The molecule has 1 unspecified atom stereocenters. The van der Waals surface area contributed by atoms with Crippen molar-refractivity contribution in [3.05, 3.63) is 59.9 Å². The normalized spacial score (nSPS) is 20.5. The zero-order valence-electron chi connectivity index (χ0n) is 15.7. The molecule has 0 saturated carbocycles. The third-order valence-corrected chi connectivity index (χ3v) is 7.00. The Morgan fingerprint density at radius 2 is 1.57 bits per heavy atom. The average Bonchev–Trinajstić information content (AvgIpc) is 3.07. The quantitative estimate of drug-likeness (QED) is 0.736. The number of benzene rings is 2. The zero-order chi connectivity index (χ0) is 21.5. The van der Waals surface area contributed by atoms with Crippen LogP contribution in [0.15, 0.2) is 53.4 Å². The molecule has 0 aromatic heterocycles. The summed E-state index contributed by atoms with van der Waals surface area (Å²) in [4.78, 5) is 37.1. The molecule has 1 N–H and O–H groups in total. The highest BCUT2D eigenvalue weighted by atomic mass is 32.2. The molecule has 0 bridgehead atoms. The minimum absolute atomic E-state index is 0.0298. The number of piperazine rings is 1. The van der Waals surface area contributed by atoms with Crippen LogP contribution < -0.4 is 10.2 Å². The maximum atomic E-state index is 14.3. The van der Waals surface area contributed by atoms with Crippen LogP contribution in [0.25, 0.3) is 0 Å². The van der Waals surface area contributed by atoms with Crippen LogP contribution in [0.5, 0.6) is 0 Å². The van der Waals surface area contributed by atoms with Crippen molar-refractivity contribution in [2.45, 2.75) is 23.8 Å². The molecule has 2 aliphatic rings. The zero-order valence-corrected chi connectivity index (χ0v) is 16.6. The largest absolute Gasteiger partial charge is 0.353 e. The first kappa shape index (κ1) is 20.2. The van der Waals surface area contributed by atoms with Crippen LogP contribution in [0.1, 0.15) is 24.4 Å². The first-order chi connectivity index (χ1) is 14.3. The van der Waals surface area contributed by atoms with Crippen molar-refractivity contribution in [3.63, 3.8) is 0 Å². The molecule has 1 atom stereocenters. The Bertz CT molecular complexity index is 1120. The topological polar surface area (TPSA) is 104 Å². The fourth-order valence-electron chi connectivity index (χ4n) is 3.67. The summed E-state index contributed by atoms with van der Waals surface area (Å²) in [7, 11) is -4.16. The molecular formula is C20H18FN3O5S. The summed E-state index contributed by atoms with van der Waals surface area (Å²) in [6.07, 6.45) is 0.234. The van der Waals surface area contributed by atoms with Gasteiger partial charge in [-0.3, -0.25) is 19.3 Å². The van der Waals surface area contributed by atoms with Gasteiger partial charge in [0.05, 0.1) is 10.6 Å². The lowest BCUT2D eigenvalue weighted by molar-refractivity contribution is -0.127. The number of rotatable bonds is 4. The Balaban J connectivity index is 1.69. The molecule has 2 heterocycles. The van der Waals surface area contributed by atoms with Crippen LogP contribution in [0.3, 0.4) is 0 Å². The second-order valence-corrected chi connectivity index (χ2v) is 8.84. The Morgan fingerprint density at radius 3 is 2.20 bits per heavy atom. The van der Waals surface area contributed by atoms with Crippen molar-refractivity contribution in [1.29, 1.82) is 0 Å². The molecule has 4 rings (SSSR count). The summed E-state index contributed by atoms with van der Waals surface area (Å²) in [5.41, 5.74) is 0.242. The van der Waals surface area contributed by atoms with E-state index in [4.69, 9.17) is 0 Å². The lowest BCUT2D eigenvalue weighted by atomic mass is 10.0. The number of anilines is 1. The SMILES string of the molecule is O=C1NCCN(S(=O)(=O)c2ccc(N3C(=O)CCC3=O)cc2)C1c1ccccc1F. The number of imide groups is 1. The van der Waals surface area contributed by atoms with Crippen molar-refractivity contribution < 1.29 is 27.2 Å². The van der Waals surface area contributed by atoms with E-state index in [0.717, 1.165) is 9.21 Å². The molecule has 2 fully saturated rings. The number of amides is 3. The van der Waals surface area contributed by atoms with Gasteiger partial charge in [0.15, 0.2) is 0 Å². The second-order valence-electron chi connectivity index (χ2n) is 6.95. The van der Waals surface area contributed by atoms with Crippen molar-refractivity contribution in [2.24, 2.45) is 0 Å². The number of sulfonamides is 1. The highest BCUT2D eigenvalue weighted by molar-refractivity contribution is 7.89. The molecule has 156 valence electrons. The smallest absolute Gasteiger partial charge is 0.244 e. The highest BCUT2D eigenvalue weighted by Crippen LogP contribution is 2.32. The van der Waals surface area contributed by atoms with E-state index in [9.17, 15) is 27.2 Å². The lowest BCUT2D eigenvalue weighted by Gasteiger charge is -2.34. The number of hydrogen-bond donors (Lipinski definition) is 1. The van der Waals surface area contributed by atoms with E-state index in [-0.39, 0.29) is 53.9 Å². The minimum Gasteiger partial charge on any atom is -0.353 e. The van der Waals surface area contributed by atoms with E-state index in [0.29, 0.717) is 0 Å². The van der Waals surface area contributed by atoms with Gasteiger partial charge in [-0.05, 0) is 30.3 Å². The Labute approximate surface area is 172 Å². The van der Waals surface area contributed by atoms with E-state index in [1.807, 2.05) is 0 Å². The Kier molecular flexibility index (Phi) is 5.12. The van der Waals surface area contributed by atoms with Crippen molar-refractivity contribution in [1.82, 2.24) is 9.62 Å². The van der Waals surface area contributed by atoms with Gasteiger partial charge in [-0.2, -0.15) is 4.31 Å². The second kappa shape index (κ2) is 7.62. The Hall–Kier alpha value is -3.11. The first-order valence-corrected chi connectivity index (χ1v) is 10.7. The fraction of sp³-hybridized carbons (Fsp3) is 0.250. The van der Waals surface area contributed by atoms with Crippen LogP contribution >= 0.6 is 0 Å². The summed E-state index contributed by atoms with van der Waals surface area (Å²) in [5, 5.41) is 2.57. The van der Waals surface area contributed by atoms with Gasteiger partial charge in [-0.15, -0.1) is 0 Å². The molecule has 10 heteroatoms. The van der Waals surface area contributed by atoms with Crippen molar-refractivity contribution >= 4 is 33.4 Å². The monoisotopic (exact) mass is 431 g/mol. The predicted octanol–water partition coefficient (Wildman–Crippen LogP) is 1.34. The summed E-state index contributed by atoms with van der Waals surface area (Å²) in [5.74, 6) is -1.98. The van der Waals surface area contributed by atoms with Crippen LogP contribution in [0.2, 0.25) is 0 Å². The van der Waals surface area contributed by atoms with Gasteiger partial charge in [0.25, 0.3) is 0 Å². The number of hydrogen-bond acceptors (Lipinski definition) is 5. The minimum atomic E-state index is -4.16. The molecule has 3 amide bonds. The van der Waals surface area contributed by atoms with Crippen molar-refractivity contribution in [3.8, 4) is 0 Å².